The predicted octanol–water partition coefficient (Wildman–Crippen LogP) is 1.82. The van der Waals surface area contributed by atoms with Crippen LogP contribution in [0, 0.1) is 5.92 Å². The molecule has 1 aliphatic rings. The molecule has 26 heavy (non-hydrogen) atoms. The summed E-state index contributed by atoms with van der Waals surface area (Å²) in [4.78, 5) is 37.0. The molecule has 9 heteroatoms. The summed E-state index contributed by atoms with van der Waals surface area (Å²) in [7, 11) is 0. The maximum absolute atomic E-state index is 12.2. The van der Waals surface area contributed by atoms with Crippen LogP contribution < -0.4 is 5.32 Å². The molecule has 1 saturated heterocycles. The highest BCUT2D eigenvalue weighted by atomic mass is 19.4. The highest BCUT2D eigenvalue weighted by molar-refractivity contribution is 5.88. The van der Waals surface area contributed by atoms with E-state index < -0.39 is 37.1 Å². The number of hydrogen-bond acceptors (Lipinski definition) is 4. The van der Waals surface area contributed by atoms with Crippen LogP contribution in [-0.4, -0.2) is 48.6 Å². The number of hydrogen-bond donors (Lipinski definition) is 1. The number of alkyl halides is 3. The molecule has 2 atom stereocenters. The van der Waals surface area contributed by atoms with Gasteiger partial charge >= 0.3 is 12.1 Å². The van der Waals surface area contributed by atoms with E-state index in [1.54, 1.807) is 10.2 Å². The SMILES string of the molecule is C[C@@H](c1ccccc1)N1C[C@@H](C(=O)OCC(=O)NCC(F)(F)F)CC1=O. The van der Waals surface area contributed by atoms with E-state index >= 15 is 0 Å². The molecule has 1 fully saturated rings. The van der Waals surface area contributed by atoms with Crippen LogP contribution in [0.15, 0.2) is 30.3 Å². The summed E-state index contributed by atoms with van der Waals surface area (Å²) in [5.74, 6) is -2.79. The van der Waals surface area contributed by atoms with Crippen LogP contribution >= 0.6 is 0 Å². The van der Waals surface area contributed by atoms with Crippen molar-refractivity contribution in [3.63, 3.8) is 0 Å². The highest BCUT2D eigenvalue weighted by Gasteiger charge is 2.38. The van der Waals surface area contributed by atoms with Crippen LogP contribution in [0.2, 0.25) is 0 Å². The molecule has 0 aromatic heterocycles. The molecule has 0 bridgehead atoms. The van der Waals surface area contributed by atoms with E-state index in [2.05, 4.69) is 0 Å². The van der Waals surface area contributed by atoms with Gasteiger partial charge in [-0.05, 0) is 12.5 Å². The Bertz CT molecular complexity index is 664. The van der Waals surface area contributed by atoms with Gasteiger partial charge in [-0.25, -0.2) is 0 Å². The van der Waals surface area contributed by atoms with Gasteiger partial charge in [-0.15, -0.1) is 0 Å². The molecule has 0 radical (unpaired) electrons. The maximum atomic E-state index is 12.2. The van der Waals surface area contributed by atoms with Crippen molar-refractivity contribution in [2.45, 2.75) is 25.6 Å². The first-order chi connectivity index (χ1) is 12.2. The number of halogens is 3. The third-order valence-electron chi connectivity index (χ3n) is 4.07. The molecule has 1 heterocycles. The Morgan fingerprint density at radius 1 is 1.31 bits per heavy atom. The topological polar surface area (TPSA) is 75.7 Å². The monoisotopic (exact) mass is 372 g/mol. The lowest BCUT2D eigenvalue weighted by molar-refractivity contribution is -0.154. The third kappa shape index (κ3) is 5.47. The quantitative estimate of drug-likeness (QED) is 0.773. The molecule has 0 unspecified atom stereocenters. The smallest absolute Gasteiger partial charge is 0.405 e. The van der Waals surface area contributed by atoms with Gasteiger partial charge in [-0.3, -0.25) is 14.4 Å². The normalized spacial score (nSPS) is 18.5. The van der Waals surface area contributed by atoms with Gasteiger partial charge < -0.3 is 15.0 Å². The number of amides is 2. The number of nitrogens with zero attached hydrogens (tertiary/aromatic N) is 1. The number of benzene rings is 1. The minimum Gasteiger partial charge on any atom is -0.455 e. The van der Waals surface area contributed by atoms with Crippen LogP contribution in [-0.2, 0) is 19.1 Å². The molecule has 0 aliphatic carbocycles. The highest BCUT2D eigenvalue weighted by Crippen LogP contribution is 2.28. The Morgan fingerprint density at radius 2 is 1.96 bits per heavy atom. The van der Waals surface area contributed by atoms with Crippen LogP contribution in [0.4, 0.5) is 13.2 Å². The molecule has 1 N–H and O–H groups in total. The van der Waals surface area contributed by atoms with E-state index in [9.17, 15) is 27.6 Å². The van der Waals surface area contributed by atoms with E-state index in [4.69, 9.17) is 4.74 Å². The first kappa shape index (κ1) is 19.7. The number of carbonyl (C=O) groups is 3. The van der Waals surface area contributed by atoms with Crippen LogP contribution in [0.3, 0.4) is 0 Å². The molecule has 1 aromatic carbocycles. The minimum atomic E-state index is -4.54. The zero-order chi connectivity index (χ0) is 19.3. The second-order valence-corrected chi connectivity index (χ2v) is 6.03. The van der Waals surface area contributed by atoms with Crippen molar-refractivity contribution in [3.05, 3.63) is 35.9 Å². The Morgan fingerprint density at radius 3 is 2.58 bits per heavy atom. The summed E-state index contributed by atoms with van der Waals surface area (Å²) in [5.41, 5.74) is 0.918. The Balaban J connectivity index is 1.84. The van der Waals surface area contributed by atoms with Crippen LogP contribution in [0.1, 0.15) is 24.9 Å². The average Bonchev–Trinajstić information content (AvgIpc) is 2.99. The summed E-state index contributed by atoms with van der Waals surface area (Å²) < 4.78 is 40.7. The first-order valence-corrected chi connectivity index (χ1v) is 8.02. The fraction of sp³-hybridized carbons (Fsp3) is 0.471. The molecule has 0 spiro atoms. The Labute approximate surface area is 148 Å². The second-order valence-electron chi connectivity index (χ2n) is 6.03. The molecule has 142 valence electrons. The lowest BCUT2D eigenvalue weighted by atomic mass is 10.1. The third-order valence-corrected chi connectivity index (χ3v) is 4.07. The van der Waals surface area contributed by atoms with Crippen molar-refractivity contribution in [2.24, 2.45) is 5.92 Å². The first-order valence-electron chi connectivity index (χ1n) is 8.02. The molecule has 1 aliphatic heterocycles. The summed E-state index contributed by atoms with van der Waals surface area (Å²) in [5, 5.41) is 1.61. The fourth-order valence-electron chi connectivity index (χ4n) is 2.68. The van der Waals surface area contributed by atoms with Gasteiger partial charge in [0.05, 0.1) is 12.0 Å². The van der Waals surface area contributed by atoms with E-state index in [0.717, 1.165) is 5.56 Å². The minimum absolute atomic E-state index is 0.0554. The largest absolute Gasteiger partial charge is 0.455 e. The van der Waals surface area contributed by atoms with Crippen molar-refractivity contribution in [3.8, 4) is 0 Å². The fourth-order valence-corrected chi connectivity index (χ4v) is 2.68. The maximum Gasteiger partial charge on any atom is 0.405 e. The molecule has 6 nitrogen and oxygen atoms in total. The summed E-state index contributed by atoms with van der Waals surface area (Å²) in [6, 6.07) is 9.06. The molecule has 2 amide bonds. The lowest BCUT2D eigenvalue weighted by Gasteiger charge is -2.25. The number of rotatable bonds is 6. The Kier molecular flexibility index (Phi) is 6.23. The van der Waals surface area contributed by atoms with Gasteiger partial charge in [0, 0.05) is 13.0 Å². The second kappa shape index (κ2) is 8.20. The van der Waals surface area contributed by atoms with Crippen molar-refractivity contribution >= 4 is 17.8 Å². The van der Waals surface area contributed by atoms with Crippen molar-refractivity contribution in [2.75, 3.05) is 19.7 Å². The van der Waals surface area contributed by atoms with E-state index in [0.29, 0.717) is 0 Å². The lowest BCUT2D eigenvalue weighted by Crippen LogP contribution is -2.37. The Hall–Kier alpha value is -2.58. The van der Waals surface area contributed by atoms with Gasteiger partial charge in [0.15, 0.2) is 6.61 Å². The average molecular weight is 372 g/mol. The zero-order valence-electron chi connectivity index (χ0n) is 14.1. The summed E-state index contributed by atoms with van der Waals surface area (Å²) >= 11 is 0. The van der Waals surface area contributed by atoms with Crippen molar-refractivity contribution in [1.82, 2.24) is 10.2 Å². The van der Waals surface area contributed by atoms with E-state index in [1.807, 2.05) is 37.3 Å². The van der Waals surface area contributed by atoms with E-state index in [-0.39, 0.29) is 24.9 Å². The van der Waals surface area contributed by atoms with Gasteiger partial charge in [0.25, 0.3) is 5.91 Å². The molecule has 0 saturated carbocycles. The van der Waals surface area contributed by atoms with Crippen LogP contribution in [0.25, 0.3) is 0 Å². The van der Waals surface area contributed by atoms with E-state index in [1.165, 1.54) is 0 Å². The zero-order valence-corrected chi connectivity index (χ0v) is 14.1. The summed E-state index contributed by atoms with van der Waals surface area (Å²) in [6.45, 7) is -0.328. The number of carbonyl (C=O) groups excluding carboxylic acids is 3. The molecule has 1 aromatic rings. The molecular formula is C17H19F3N2O4. The van der Waals surface area contributed by atoms with Gasteiger partial charge in [-0.2, -0.15) is 13.2 Å². The predicted molar refractivity (Wildman–Crippen MR) is 84.7 cm³/mol. The molecule has 2 rings (SSSR count). The number of likely N-dealkylation sites (tertiary alicyclic amines) is 1. The molecular weight excluding hydrogens is 353 g/mol. The van der Waals surface area contributed by atoms with Gasteiger partial charge in [0.1, 0.15) is 6.54 Å². The van der Waals surface area contributed by atoms with Gasteiger partial charge in [-0.1, -0.05) is 30.3 Å². The van der Waals surface area contributed by atoms with Crippen LogP contribution in [0.5, 0.6) is 0 Å². The number of nitrogens with one attached hydrogen (secondary N) is 1. The number of esters is 1. The van der Waals surface area contributed by atoms with Crippen molar-refractivity contribution < 1.29 is 32.3 Å². The van der Waals surface area contributed by atoms with Gasteiger partial charge in [0.2, 0.25) is 5.91 Å². The number of ether oxygens (including phenoxy) is 1. The van der Waals surface area contributed by atoms with Crippen molar-refractivity contribution in [1.29, 1.82) is 0 Å². The summed E-state index contributed by atoms with van der Waals surface area (Å²) in [6.07, 6.45) is -4.59. The standard InChI is InChI=1S/C17H19F3N2O4/c1-11(12-5-3-2-4-6-12)22-8-13(7-15(22)24)16(25)26-9-14(23)21-10-17(18,19)20/h2-6,11,13H,7-10H2,1H3,(H,21,23)/t11-,13-/m0/s1.